The molecule has 21 heavy (non-hydrogen) atoms. The lowest BCUT2D eigenvalue weighted by molar-refractivity contribution is -0.169. The predicted octanol–water partition coefficient (Wildman–Crippen LogP) is 0.259. The zero-order valence-corrected chi connectivity index (χ0v) is 12.5. The van der Waals surface area contributed by atoms with Crippen LogP contribution in [-0.4, -0.2) is 60.3 Å². The number of ether oxygens (including phenoxy) is 3. The van der Waals surface area contributed by atoms with Crippen molar-refractivity contribution in [3.8, 4) is 0 Å². The SMILES string of the molecule is CC(=O)O[C@H]1[C@@H]2[C@@H](OC(C)=O)CCCN2C[C@@H]1OC(C)=O. The zero-order valence-electron chi connectivity index (χ0n) is 12.5. The van der Waals surface area contributed by atoms with Gasteiger partial charge in [-0.05, 0) is 19.4 Å². The van der Waals surface area contributed by atoms with E-state index in [4.69, 9.17) is 14.2 Å². The van der Waals surface area contributed by atoms with Gasteiger partial charge in [-0.1, -0.05) is 0 Å². The molecule has 0 radical (unpaired) electrons. The smallest absolute Gasteiger partial charge is 0.303 e. The Kier molecular flexibility index (Phi) is 4.82. The van der Waals surface area contributed by atoms with Crippen LogP contribution in [0.3, 0.4) is 0 Å². The molecule has 0 N–H and O–H groups in total. The summed E-state index contributed by atoms with van der Waals surface area (Å²) in [5.74, 6) is -1.22. The summed E-state index contributed by atoms with van der Waals surface area (Å²) in [5.41, 5.74) is 0. The van der Waals surface area contributed by atoms with Crippen molar-refractivity contribution in [1.29, 1.82) is 0 Å². The molecule has 2 aliphatic rings. The van der Waals surface area contributed by atoms with E-state index >= 15 is 0 Å². The summed E-state index contributed by atoms with van der Waals surface area (Å²) < 4.78 is 16.0. The highest BCUT2D eigenvalue weighted by molar-refractivity contribution is 5.68. The van der Waals surface area contributed by atoms with E-state index in [2.05, 4.69) is 4.90 Å². The summed E-state index contributed by atoms with van der Waals surface area (Å²) in [6, 6.07) is -0.254. The second kappa shape index (κ2) is 6.43. The Labute approximate surface area is 123 Å². The lowest BCUT2D eigenvalue weighted by Gasteiger charge is -2.37. The van der Waals surface area contributed by atoms with Crippen LogP contribution in [0, 0.1) is 0 Å². The van der Waals surface area contributed by atoms with Crippen molar-refractivity contribution in [1.82, 2.24) is 4.90 Å². The van der Waals surface area contributed by atoms with E-state index in [1.54, 1.807) is 0 Å². The topological polar surface area (TPSA) is 82.1 Å². The van der Waals surface area contributed by atoms with Gasteiger partial charge in [0.25, 0.3) is 0 Å². The molecule has 0 aromatic carbocycles. The maximum Gasteiger partial charge on any atom is 0.303 e. The molecule has 0 aromatic heterocycles. The Balaban J connectivity index is 2.20. The molecule has 0 saturated carbocycles. The first-order valence-corrected chi connectivity index (χ1v) is 7.14. The minimum absolute atomic E-state index is 0.254. The van der Waals surface area contributed by atoms with E-state index in [9.17, 15) is 14.4 Å². The van der Waals surface area contributed by atoms with Crippen LogP contribution in [0.1, 0.15) is 33.6 Å². The largest absolute Gasteiger partial charge is 0.461 e. The summed E-state index contributed by atoms with van der Waals surface area (Å²) >= 11 is 0. The van der Waals surface area contributed by atoms with Crippen LogP contribution in [0.15, 0.2) is 0 Å². The normalized spacial score (nSPS) is 32.1. The molecule has 2 heterocycles. The summed E-state index contributed by atoms with van der Waals surface area (Å²) in [6.45, 7) is 5.29. The molecular weight excluding hydrogens is 278 g/mol. The van der Waals surface area contributed by atoms with Gasteiger partial charge in [0.2, 0.25) is 0 Å². The molecule has 7 nitrogen and oxygen atoms in total. The molecule has 2 rings (SSSR count). The summed E-state index contributed by atoms with van der Waals surface area (Å²) in [7, 11) is 0. The summed E-state index contributed by atoms with van der Waals surface area (Å²) in [4.78, 5) is 35.9. The van der Waals surface area contributed by atoms with Gasteiger partial charge in [0.15, 0.2) is 12.2 Å². The van der Waals surface area contributed by atoms with E-state index in [1.807, 2.05) is 0 Å². The first kappa shape index (κ1) is 15.8. The highest BCUT2D eigenvalue weighted by atomic mass is 16.6. The van der Waals surface area contributed by atoms with Gasteiger partial charge in [0.1, 0.15) is 6.10 Å². The van der Waals surface area contributed by atoms with Crippen molar-refractivity contribution in [3.05, 3.63) is 0 Å². The second-order valence-corrected chi connectivity index (χ2v) is 5.50. The van der Waals surface area contributed by atoms with Crippen LogP contribution < -0.4 is 0 Å². The lowest BCUT2D eigenvalue weighted by Crippen LogP contribution is -2.51. The summed E-state index contributed by atoms with van der Waals surface area (Å²) in [5, 5.41) is 0. The Morgan fingerprint density at radius 3 is 2.05 bits per heavy atom. The molecule has 118 valence electrons. The summed E-state index contributed by atoms with van der Waals surface area (Å²) in [6.07, 6.45) is 0.129. The highest BCUT2D eigenvalue weighted by Gasteiger charge is 2.51. The fraction of sp³-hybridized carbons (Fsp3) is 0.786. The van der Waals surface area contributed by atoms with E-state index in [0.29, 0.717) is 13.0 Å². The third kappa shape index (κ3) is 3.72. The molecular formula is C14H21NO6. The molecule has 4 atom stereocenters. The van der Waals surface area contributed by atoms with Crippen molar-refractivity contribution in [2.75, 3.05) is 13.1 Å². The van der Waals surface area contributed by atoms with Crippen LogP contribution in [-0.2, 0) is 28.6 Å². The molecule has 0 unspecified atom stereocenters. The van der Waals surface area contributed by atoms with E-state index < -0.39 is 24.1 Å². The maximum atomic E-state index is 11.3. The molecule has 2 saturated heterocycles. The number of piperidine rings is 1. The second-order valence-electron chi connectivity index (χ2n) is 5.50. The molecule has 0 bridgehead atoms. The van der Waals surface area contributed by atoms with Crippen molar-refractivity contribution in [2.45, 2.75) is 58.0 Å². The van der Waals surface area contributed by atoms with Crippen LogP contribution in [0.25, 0.3) is 0 Å². The third-order valence-electron chi connectivity index (χ3n) is 3.79. The standard InChI is InChI=1S/C14H21NO6/c1-8(16)19-11-5-4-6-15-7-12(20-9(2)17)14(13(11)15)21-10(3)18/h11-14H,4-7H2,1-3H3/t11-,12-,13-,14+/m0/s1. The number of esters is 3. The number of fused-ring (bicyclic) bond motifs is 1. The van der Waals surface area contributed by atoms with Gasteiger partial charge in [-0.15, -0.1) is 0 Å². The van der Waals surface area contributed by atoms with Crippen LogP contribution in [0.2, 0.25) is 0 Å². The Morgan fingerprint density at radius 2 is 1.48 bits per heavy atom. The minimum atomic E-state index is -0.601. The first-order chi connectivity index (χ1) is 9.88. The fourth-order valence-electron chi connectivity index (χ4n) is 3.23. The molecule has 2 fully saturated rings. The molecule has 2 aliphatic heterocycles. The predicted molar refractivity (Wildman–Crippen MR) is 71.3 cm³/mol. The number of carbonyl (C=O) groups is 3. The quantitative estimate of drug-likeness (QED) is 0.546. The Hall–Kier alpha value is -1.63. The van der Waals surface area contributed by atoms with Gasteiger partial charge in [-0.2, -0.15) is 0 Å². The van der Waals surface area contributed by atoms with E-state index in [1.165, 1.54) is 20.8 Å². The monoisotopic (exact) mass is 299 g/mol. The Morgan fingerprint density at radius 1 is 0.905 bits per heavy atom. The van der Waals surface area contributed by atoms with E-state index in [0.717, 1.165) is 13.0 Å². The third-order valence-corrected chi connectivity index (χ3v) is 3.79. The van der Waals surface area contributed by atoms with Gasteiger partial charge in [-0.3, -0.25) is 19.3 Å². The number of carbonyl (C=O) groups excluding carboxylic acids is 3. The number of nitrogens with zero attached hydrogens (tertiary/aromatic N) is 1. The van der Waals surface area contributed by atoms with Crippen LogP contribution in [0.4, 0.5) is 0 Å². The molecule has 0 amide bonds. The zero-order chi connectivity index (χ0) is 15.6. The van der Waals surface area contributed by atoms with Crippen molar-refractivity contribution in [3.63, 3.8) is 0 Å². The lowest BCUT2D eigenvalue weighted by atomic mass is 9.96. The van der Waals surface area contributed by atoms with Crippen molar-refractivity contribution < 1.29 is 28.6 Å². The average molecular weight is 299 g/mol. The fourth-order valence-corrected chi connectivity index (χ4v) is 3.23. The van der Waals surface area contributed by atoms with Gasteiger partial charge < -0.3 is 14.2 Å². The molecule has 0 spiro atoms. The number of hydrogen-bond donors (Lipinski definition) is 0. The van der Waals surface area contributed by atoms with Gasteiger partial charge in [0, 0.05) is 27.3 Å². The first-order valence-electron chi connectivity index (χ1n) is 7.14. The van der Waals surface area contributed by atoms with Crippen LogP contribution in [0.5, 0.6) is 0 Å². The highest BCUT2D eigenvalue weighted by Crippen LogP contribution is 2.33. The van der Waals surface area contributed by atoms with Gasteiger partial charge >= 0.3 is 17.9 Å². The minimum Gasteiger partial charge on any atom is -0.461 e. The molecule has 7 heteroatoms. The van der Waals surface area contributed by atoms with Crippen LogP contribution >= 0.6 is 0 Å². The average Bonchev–Trinajstić information content (AvgIpc) is 2.66. The molecule has 0 aromatic rings. The van der Waals surface area contributed by atoms with Gasteiger partial charge in [-0.25, -0.2) is 0 Å². The van der Waals surface area contributed by atoms with Crippen molar-refractivity contribution in [2.24, 2.45) is 0 Å². The Bertz CT molecular complexity index is 437. The maximum absolute atomic E-state index is 11.3. The van der Waals surface area contributed by atoms with E-state index in [-0.39, 0.29) is 18.1 Å². The van der Waals surface area contributed by atoms with Crippen molar-refractivity contribution >= 4 is 17.9 Å². The molecule has 0 aliphatic carbocycles. The number of rotatable bonds is 3. The van der Waals surface area contributed by atoms with Gasteiger partial charge in [0.05, 0.1) is 6.04 Å². The number of hydrogen-bond acceptors (Lipinski definition) is 7.